The largest absolute Gasteiger partial charge is 0.468 e. The van der Waals surface area contributed by atoms with Crippen molar-refractivity contribution in [2.24, 2.45) is 5.92 Å². The zero-order chi connectivity index (χ0) is 11.0. The molecule has 0 heterocycles. The lowest BCUT2D eigenvalue weighted by atomic mass is 10.2. The fourth-order valence-corrected chi connectivity index (χ4v) is 1.43. The van der Waals surface area contributed by atoms with Crippen LogP contribution in [0, 0.1) is 5.92 Å². The summed E-state index contributed by atoms with van der Waals surface area (Å²) < 4.78 is 9.55. The molecular weight excluding hydrogens is 250 g/mol. The number of ether oxygens (including phenoxy) is 2. The van der Waals surface area contributed by atoms with E-state index in [1.54, 1.807) is 7.11 Å². The number of hydrogen-bond acceptors (Lipinski definition) is 4. The van der Waals surface area contributed by atoms with Gasteiger partial charge in [0.2, 0.25) is 0 Å². The standard InChI is InChI=1S/C9H18BrNO3/c1-7(6-13-2)4-11-5-8(10)9(12)14-3/h7-8,11H,4-6H2,1-3H3. The molecule has 0 bridgehead atoms. The Labute approximate surface area is 93.5 Å². The molecule has 0 saturated carbocycles. The molecule has 0 aromatic heterocycles. The summed E-state index contributed by atoms with van der Waals surface area (Å²) in [4.78, 5) is 10.7. The fourth-order valence-electron chi connectivity index (χ4n) is 1.01. The first-order valence-electron chi connectivity index (χ1n) is 4.53. The first-order valence-corrected chi connectivity index (χ1v) is 5.45. The zero-order valence-electron chi connectivity index (χ0n) is 8.88. The van der Waals surface area contributed by atoms with Gasteiger partial charge in [0.05, 0.1) is 7.11 Å². The molecule has 84 valence electrons. The molecule has 0 aliphatic rings. The highest BCUT2D eigenvalue weighted by molar-refractivity contribution is 9.10. The van der Waals surface area contributed by atoms with Crippen molar-refractivity contribution in [3.8, 4) is 0 Å². The van der Waals surface area contributed by atoms with Gasteiger partial charge in [-0.3, -0.25) is 4.79 Å². The summed E-state index contributed by atoms with van der Waals surface area (Å²) in [6.07, 6.45) is 0. The number of nitrogens with one attached hydrogen (secondary N) is 1. The first kappa shape index (κ1) is 13.9. The molecule has 4 nitrogen and oxygen atoms in total. The van der Waals surface area contributed by atoms with E-state index in [1.165, 1.54) is 7.11 Å². The van der Waals surface area contributed by atoms with Crippen LogP contribution in [0.25, 0.3) is 0 Å². The van der Waals surface area contributed by atoms with Crippen LogP contribution in [0.15, 0.2) is 0 Å². The maximum absolute atomic E-state index is 11.0. The minimum atomic E-state index is -0.276. The van der Waals surface area contributed by atoms with Gasteiger partial charge in [-0.05, 0) is 12.5 Å². The molecule has 0 aromatic rings. The molecule has 5 heteroatoms. The monoisotopic (exact) mass is 267 g/mol. The number of halogens is 1. The molecule has 0 radical (unpaired) electrons. The third-order valence-electron chi connectivity index (χ3n) is 1.72. The zero-order valence-corrected chi connectivity index (χ0v) is 10.5. The second-order valence-electron chi connectivity index (χ2n) is 3.21. The predicted molar refractivity (Wildman–Crippen MR) is 58.6 cm³/mol. The van der Waals surface area contributed by atoms with Crippen molar-refractivity contribution in [1.29, 1.82) is 0 Å². The first-order chi connectivity index (χ1) is 6.61. The van der Waals surface area contributed by atoms with Crippen LogP contribution in [0.4, 0.5) is 0 Å². The smallest absolute Gasteiger partial charge is 0.320 e. The Morgan fingerprint density at radius 3 is 2.57 bits per heavy atom. The predicted octanol–water partition coefficient (Wildman–Crippen LogP) is 0.795. The quantitative estimate of drug-likeness (QED) is 0.548. The van der Waals surface area contributed by atoms with Crippen molar-refractivity contribution in [2.75, 3.05) is 33.9 Å². The van der Waals surface area contributed by atoms with Gasteiger partial charge in [0.25, 0.3) is 0 Å². The van der Waals surface area contributed by atoms with Crippen LogP contribution >= 0.6 is 15.9 Å². The van der Waals surface area contributed by atoms with Crippen LogP contribution in [0.3, 0.4) is 0 Å². The summed E-state index contributed by atoms with van der Waals surface area (Å²) >= 11 is 3.22. The van der Waals surface area contributed by atoms with E-state index in [0.29, 0.717) is 12.5 Å². The Hall–Kier alpha value is -0.130. The number of carbonyl (C=O) groups excluding carboxylic acids is 1. The Balaban J connectivity index is 3.48. The molecule has 2 unspecified atom stereocenters. The van der Waals surface area contributed by atoms with Gasteiger partial charge < -0.3 is 14.8 Å². The molecule has 0 aromatic carbocycles. The van der Waals surface area contributed by atoms with Gasteiger partial charge in [0, 0.05) is 20.3 Å². The molecule has 14 heavy (non-hydrogen) atoms. The van der Waals surface area contributed by atoms with Crippen LogP contribution in [-0.4, -0.2) is 44.7 Å². The third-order valence-corrected chi connectivity index (χ3v) is 2.42. The van der Waals surface area contributed by atoms with Gasteiger partial charge in [0.15, 0.2) is 0 Å². The minimum absolute atomic E-state index is 0.253. The van der Waals surface area contributed by atoms with Crippen molar-refractivity contribution in [3.63, 3.8) is 0 Å². The number of esters is 1. The average molecular weight is 268 g/mol. The molecule has 0 aliphatic heterocycles. The van der Waals surface area contributed by atoms with E-state index < -0.39 is 0 Å². The normalized spacial score (nSPS) is 14.9. The van der Waals surface area contributed by atoms with Crippen molar-refractivity contribution < 1.29 is 14.3 Å². The van der Waals surface area contributed by atoms with Gasteiger partial charge in [-0.2, -0.15) is 0 Å². The van der Waals surface area contributed by atoms with Gasteiger partial charge in [-0.15, -0.1) is 0 Å². The van der Waals surface area contributed by atoms with E-state index in [4.69, 9.17) is 4.74 Å². The molecule has 0 amide bonds. The van der Waals surface area contributed by atoms with E-state index in [-0.39, 0.29) is 10.8 Å². The molecule has 2 atom stereocenters. The molecule has 0 fully saturated rings. The highest BCUT2D eigenvalue weighted by atomic mass is 79.9. The third kappa shape index (κ3) is 6.34. The Kier molecular flexibility index (Phi) is 8.12. The summed E-state index contributed by atoms with van der Waals surface area (Å²) in [5.74, 6) is 0.189. The van der Waals surface area contributed by atoms with Crippen molar-refractivity contribution in [2.45, 2.75) is 11.8 Å². The molecule has 0 spiro atoms. The Morgan fingerprint density at radius 1 is 1.43 bits per heavy atom. The second-order valence-corrected chi connectivity index (χ2v) is 4.31. The van der Waals surface area contributed by atoms with E-state index in [2.05, 4.69) is 32.9 Å². The molecule has 1 N–H and O–H groups in total. The summed E-state index contributed by atoms with van der Waals surface area (Å²) in [6.45, 7) is 4.20. The number of methoxy groups -OCH3 is 2. The number of rotatable bonds is 7. The number of alkyl halides is 1. The topological polar surface area (TPSA) is 47.6 Å². The molecule has 0 rings (SSSR count). The van der Waals surface area contributed by atoms with Crippen LogP contribution in [0.2, 0.25) is 0 Å². The number of carbonyl (C=O) groups is 1. The maximum atomic E-state index is 11.0. The van der Waals surface area contributed by atoms with Crippen LogP contribution in [0.1, 0.15) is 6.92 Å². The highest BCUT2D eigenvalue weighted by Gasteiger charge is 2.14. The van der Waals surface area contributed by atoms with E-state index >= 15 is 0 Å². The Morgan fingerprint density at radius 2 is 2.07 bits per heavy atom. The lowest BCUT2D eigenvalue weighted by molar-refractivity contribution is -0.139. The van der Waals surface area contributed by atoms with Crippen LogP contribution < -0.4 is 5.32 Å². The van der Waals surface area contributed by atoms with E-state index in [9.17, 15) is 4.79 Å². The summed E-state index contributed by atoms with van der Waals surface area (Å²) in [6, 6.07) is 0. The molecule has 0 aliphatic carbocycles. The Bertz CT molecular complexity index is 166. The van der Waals surface area contributed by atoms with E-state index in [0.717, 1.165) is 13.2 Å². The van der Waals surface area contributed by atoms with Gasteiger partial charge in [0.1, 0.15) is 4.83 Å². The summed E-state index contributed by atoms with van der Waals surface area (Å²) in [5.41, 5.74) is 0. The maximum Gasteiger partial charge on any atom is 0.320 e. The van der Waals surface area contributed by atoms with E-state index in [1.807, 2.05) is 0 Å². The minimum Gasteiger partial charge on any atom is -0.468 e. The lowest BCUT2D eigenvalue weighted by Gasteiger charge is -2.13. The van der Waals surface area contributed by atoms with Gasteiger partial charge in [-0.1, -0.05) is 22.9 Å². The van der Waals surface area contributed by atoms with Crippen molar-refractivity contribution in [1.82, 2.24) is 5.32 Å². The highest BCUT2D eigenvalue weighted by Crippen LogP contribution is 2.00. The summed E-state index contributed by atoms with van der Waals surface area (Å²) in [5, 5.41) is 3.16. The fraction of sp³-hybridized carbons (Fsp3) is 0.889. The van der Waals surface area contributed by atoms with Gasteiger partial charge in [-0.25, -0.2) is 0 Å². The average Bonchev–Trinajstić information content (AvgIpc) is 2.16. The summed E-state index contributed by atoms with van der Waals surface area (Å²) in [7, 11) is 3.06. The van der Waals surface area contributed by atoms with Gasteiger partial charge >= 0.3 is 5.97 Å². The van der Waals surface area contributed by atoms with Crippen molar-refractivity contribution >= 4 is 21.9 Å². The second kappa shape index (κ2) is 8.20. The lowest BCUT2D eigenvalue weighted by Crippen LogP contribution is -2.33. The molecule has 0 saturated heterocycles. The van der Waals surface area contributed by atoms with Crippen LogP contribution in [-0.2, 0) is 14.3 Å². The molecular formula is C9H18BrNO3. The SMILES string of the molecule is COCC(C)CNCC(Br)C(=O)OC. The number of hydrogen-bond donors (Lipinski definition) is 1. The van der Waals surface area contributed by atoms with Crippen LogP contribution in [0.5, 0.6) is 0 Å². The van der Waals surface area contributed by atoms with Crippen molar-refractivity contribution in [3.05, 3.63) is 0 Å².